The van der Waals surface area contributed by atoms with E-state index in [1.807, 2.05) is 88.4 Å². The topological polar surface area (TPSA) is 587 Å². The van der Waals surface area contributed by atoms with E-state index in [0.717, 1.165) is 25.8 Å². The number of imide groups is 3. The van der Waals surface area contributed by atoms with Crippen LogP contribution in [0, 0.1) is 11.8 Å². The third kappa shape index (κ3) is 32.5. The summed E-state index contributed by atoms with van der Waals surface area (Å²) in [6.07, 6.45) is -3.65. The van der Waals surface area contributed by atoms with Crippen molar-refractivity contribution in [2.24, 2.45) is 11.8 Å². The molecule has 10 aliphatic rings. The van der Waals surface area contributed by atoms with Crippen molar-refractivity contribution in [3.63, 3.8) is 0 Å². The molecule has 10 saturated heterocycles. The second-order valence-electron chi connectivity index (χ2n) is 24.7. The van der Waals surface area contributed by atoms with Crippen LogP contribution in [0.5, 0.6) is 0 Å². The van der Waals surface area contributed by atoms with Gasteiger partial charge in [0.25, 0.3) is 5.91 Å². The number of amides is 13. The minimum Gasteiger partial charge on any atom is -0.376 e. The monoisotopic (exact) mass is 1600 g/mol. The van der Waals surface area contributed by atoms with Crippen LogP contribution < -0.4 is 31.9 Å². The number of carbonyl (C=O) groups excluding carboxylic acids is 24. The molecule has 0 aromatic heterocycles. The van der Waals surface area contributed by atoms with Crippen LogP contribution in [0.1, 0.15) is 109 Å². The van der Waals surface area contributed by atoms with Crippen LogP contribution in [0.15, 0.2) is 91.0 Å². The van der Waals surface area contributed by atoms with Gasteiger partial charge in [-0.2, -0.15) is 0 Å². The van der Waals surface area contributed by atoms with Gasteiger partial charge in [-0.25, -0.2) is 101 Å². The molecule has 114 heavy (non-hydrogen) atoms. The number of hydrogen-bond acceptors (Lipinski definition) is 34. The Morgan fingerprint density at radius 1 is 0.412 bits per heavy atom. The Labute approximate surface area is 645 Å². The lowest BCUT2D eigenvalue weighted by atomic mass is 10.0. The number of carbonyl (C=O) groups is 24. The minimum atomic E-state index is -0.908. The summed E-state index contributed by atoms with van der Waals surface area (Å²) in [6.45, 7) is 13.0. The smallest absolute Gasteiger partial charge is 0.376 e. The summed E-state index contributed by atoms with van der Waals surface area (Å²) in [5.74, 6) is -6.62. The summed E-state index contributed by atoms with van der Waals surface area (Å²) in [4.78, 5) is 259. The molecule has 5 atom stereocenters. The number of esters is 10. The van der Waals surface area contributed by atoms with Gasteiger partial charge in [0.15, 0.2) is 5.78 Å². The SMILES string of the molecule is CC(=O)C(CCc1ccccc1)N1CC(=O)OC1=O.CC(=O)N1CC(=O)OC1=O.CC(=O)N1CC(=O)OC1=O.CC(C)C1NC(=O)OC1=O.CC(C)CC1NC(=O)OC1=O.CC1NC(=O)OC1=O.O=C1CCCNC(=O)O1.O=C1CCNC(=O)O1.O=C1CN(C(=O)c2ccccc2)C(=O)O1.O=C1NC(Cc2ccccc2)C(=O)O1. The first-order valence-corrected chi connectivity index (χ1v) is 34.0. The fraction of sp³-hybridized carbons (Fsp3) is 0.400. The molecule has 10 aliphatic heterocycles. The molecule has 10 fully saturated rings. The Hall–Kier alpha value is -14.3. The van der Waals surface area contributed by atoms with Gasteiger partial charge in [0.1, 0.15) is 50.3 Å². The molecule has 44 heteroatoms. The number of alkyl carbamates (subject to hydrolysis) is 6. The van der Waals surface area contributed by atoms with Gasteiger partial charge in [0.05, 0.1) is 12.5 Å². The van der Waals surface area contributed by atoms with Gasteiger partial charge in [-0.3, -0.25) is 33.7 Å². The standard InChI is InChI=1S/C14H15NO4.C10H7NO4.C10H9NO3.C7H11NO3.C6H9NO3.2C5H5NO4.C5H7NO3.2C4H5NO3/c1-10(16)12(15-9-13(17)19-14(15)18)8-7-11-5-3-2-4-6-11;12-8-6-11(10(14)15-8)9(13)7-4-2-1-3-5-7;12-9-8(11-10(13)14-9)6-7-4-2-1-3-5-7;1-4(2)3-5-6(9)11-7(10)8-5;1-3(2)4-5(8)10-6(9)7-4;2*1-3(7)6-2-4(8)10-5(6)9;7-4-2-1-3-6-5(8)9-4;1-2-3(6)8-4(7)5-2;6-3-1-2-5-4(7)8-3/h2-6,12H,7-9H2,1H3;1-5H,6H2;1-5,8H,6H2,(H,11,13);4-5H,3H2,1-2H3,(H,8,10);3-4H,1-2H3,(H,7,9);2*2H2,1H3;1-3H2,(H,6,8);2H,1H3,(H,5,7);1-2H2,(H,5,7). The molecule has 0 bridgehead atoms. The molecule has 0 aliphatic carbocycles. The Morgan fingerprint density at radius 3 is 1.17 bits per heavy atom. The van der Waals surface area contributed by atoms with E-state index in [9.17, 15) is 115 Å². The van der Waals surface area contributed by atoms with E-state index in [1.165, 1.54) is 25.7 Å². The normalized spacial score (nSPS) is 19.7. The quantitative estimate of drug-likeness (QED) is 0.0912. The molecule has 13 rings (SSSR count). The molecule has 3 aromatic rings. The number of benzene rings is 3. The summed E-state index contributed by atoms with van der Waals surface area (Å²) in [6, 6.07) is 24.9. The fourth-order valence-electron chi connectivity index (χ4n) is 9.38. The van der Waals surface area contributed by atoms with Gasteiger partial charge in [-0.05, 0) is 74.6 Å². The van der Waals surface area contributed by atoms with Crippen molar-refractivity contribution in [2.45, 2.75) is 131 Å². The van der Waals surface area contributed by atoms with Crippen molar-refractivity contribution >= 4 is 144 Å². The van der Waals surface area contributed by atoms with Crippen molar-refractivity contribution in [1.29, 1.82) is 0 Å². The van der Waals surface area contributed by atoms with Gasteiger partial charge >= 0.3 is 121 Å². The van der Waals surface area contributed by atoms with Gasteiger partial charge in [-0.15, -0.1) is 0 Å². The molecule has 0 spiro atoms. The molecule has 0 saturated carbocycles. The summed E-state index contributed by atoms with van der Waals surface area (Å²) < 4.78 is 42.1. The first-order chi connectivity index (χ1) is 53.7. The third-order valence-corrected chi connectivity index (χ3v) is 14.9. The second kappa shape index (κ2) is 45.7. The number of Topliss-reactive ketones (excluding diaryl/α,β-unsaturated/α-hetero) is 1. The van der Waals surface area contributed by atoms with Crippen molar-refractivity contribution in [1.82, 2.24) is 51.5 Å². The highest BCUT2D eigenvalue weighted by atomic mass is 16.6. The lowest BCUT2D eigenvalue weighted by Gasteiger charge is -2.22. The molecule has 6 N–H and O–H groups in total. The Morgan fingerprint density at radius 2 is 0.825 bits per heavy atom. The van der Waals surface area contributed by atoms with Crippen LogP contribution in [0.25, 0.3) is 0 Å². The van der Waals surface area contributed by atoms with Crippen LogP contribution in [0.2, 0.25) is 0 Å². The molecular formula is C70H78N10O34. The molecule has 44 nitrogen and oxygen atoms in total. The van der Waals surface area contributed by atoms with E-state index >= 15 is 0 Å². The average molecular weight is 1600 g/mol. The van der Waals surface area contributed by atoms with E-state index in [1.54, 1.807) is 37.3 Å². The second-order valence-corrected chi connectivity index (χ2v) is 24.7. The molecule has 5 unspecified atom stereocenters. The lowest BCUT2D eigenvalue weighted by Crippen LogP contribution is -2.41. The number of ketones is 1. The van der Waals surface area contributed by atoms with Crippen molar-refractivity contribution < 1.29 is 162 Å². The van der Waals surface area contributed by atoms with Crippen molar-refractivity contribution in [2.75, 3.05) is 39.3 Å². The van der Waals surface area contributed by atoms with Gasteiger partial charge in [-0.1, -0.05) is 107 Å². The van der Waals surface area contributed by atoms with E-state index in [2.05, 4.69) is 79.3 Å². The Balaban J connectivity index is 0.000000270. The maximum Gasteiger partial charge on any atom is 0.425 e. The summed E-state index contributed by atoms with van der Waals surface area (Å²) in [5.41, 5.74) is 2.44. The lowest BCUT2D eigenvalue weighted by molar-refractivity contribution is -0.139. The molecule has 612 valence electrons. The van der Waals surface area contributed by atoms with Crippen molar-refractivity contribution in [3.05, 3.63) is 108 Å². The number of cyclic esters (lactones) is 20. The van der Waals surface area contributed by atoms with Crippen LogP contribution >= 0.6 is 0 Å². The zero-order valence-corrected chi connectivity index (χ0v) is 62.1. The zero-order chi connectivity index (χ0) is 85.1. The highest BCUT2D eigenvalue weighted by Crippen LogP contribution is 2.18. The molecule has 10 heterocycles. The summed E-state index contributed by atoms with van der Waals surface area (Å²) >= 11 is 0. The number of aryl methyl sites for hydroxylation is 1. The van der Waals surface area contributed by atoms with E-state index in [0.29, 0.717) is 63.1 Å². The van der Waals surface area contributed by atoms with E-state index < -0.39 is 169 Å². The third-order valence-electron chi connectivity index (χ3n) is 14.9. The maximum atomic E-state index is 11.7. The molecular weight excluding hydrogens is 1520 g/mol. The molecule has 3 aromatic carbocycles. The van der Waals surface area contributed by atoms with Crippen LogP contribution in [-0.2, 0) is 123 Å². The largest absolute Gasteiger partial charge is 0.425 e. The van der Waals surface area contributed by atoms with Crippen LogP contribution in [0.4, 0.5) is 47.9 Å². The predicted molar refractivity (Wildman–Crippen MR) is 371 cm³/mol. The van der Waals surface area contributed by atoms with E-state index in [4.69, 9.17) is 0 Å². The highest BCUT2D eigenvalue weighted by Gasteiger charge is 2.40. The number of ether oxygens (including phenoxy) is 10. The number of rotatable bonds is 11. The maximum absolute atomic E-state index is 11.7. The fourth-order valence-corrected chi connectivity index (χ4v) is 9.38. The zero-order valence-electron chi connectivity index (χ0n) is 62.1. The van der Waals surface area contributed by atoms with Gasteiger partial charge in [0.2, 0.25) is 11.8 Å². The molecule has 0 radical (unpaired) electrons. The number of nitrogens with zero attached hydrogens (tertiary/aromatic N) is 4. The molecule has 13 amide bonds. The predicted octanol–water partition coefficient (Wildman–Crippen LogP) is 2.51. The summed E-state index contributed by atoms with van der Waals surface area (Å²) in [5, 5.41) is 14.2. The Bertz CT molecular complexity index is 4090. The van der Waals surface area contributed by atoms with Gasteiger partial charge < -0.3 is 79.3 Å². The first kappa shape index (κ1) is 92.1. The van der Waals surface area contributed by atoms with Crippen molar-refractivity contribution in [3.8, 4) is 0 Å². The first-order valence-electron chi connectivity index (χ1n) is 34.0. The Kier molecular flexibility index (Phi) is 36.9. The van der Waals surface area contributed by atoms with Gasteiger partial charge in [0, 0.05) is 45.3 Å². The van der Waals surface area contributed by atoms with E-state index in [-0.39, 0.29) is 44.3 Å². The highest BCUT2D eigenvalue weighted by molar-refractivity contribution is 6.10. The number of nitrogens with one attached hydrogen (secondary N) is 6. The van der Waals surface area contributed by atoms with Crippen LogP contribution in [0.3, 0.4) is 0 Å². The van der Waals surface area contributed by atoms with Crippen LogP contribution in [-0.4, -0.2) is 233 Å². The minimum absolute atomic E-state index is 0.0962. The number of hydrogen-bond donors (Lipinski definition) is 6. The summed E-state index contributed by atoms with van der Waals surface area (Å²) in [7, 11) is 0. The average Bonchev–Trinajstić information content (AvgIpc) is 1.66.